The van der Waals surface area contributed by atoms with Crippen molar-refractivity contribution >= 4 is 11.9 Å². The highest BCUT2D eigenvalue weighted by Crippen LogP contribution is 2.46. The van der Waals surface area contributed by atoms with E-state index >= 15 is 0 Å². The number of anilines is 2. The van der Waals surface area contributed by atoms with E-state index < -0.39 is 0 Å². The average Bonchev–Trinajstić information content (AvgIpc) is 2.93. The molecule has 7 heteroatoms. The Bertz CT molecular complexity index is 422. The summed E-state index contributed by atoms with van der Waals surface area (Å²) >= 11 is 0. The van der Waals surface area contributed by atoms with Crippen LogP contribution in [-0.4, -0.2) is 27.6 Å². The molecule has 1 aliphatic rings. The maximum atomic E-state index is 5.39. The molecule has 18 heavy (non-hydrogen) atoms. The predicted octanol–water partition coefficient (Wildman–Crippen LogP) is 1.16. The van der Waals surface area contributed by atoms with E-state index in [-0.39, 0.29) is 0 Å². The van der Waals surface area contributed by atoms with E-state index in [0.29, 0.717) is 36.0 Å². The highest BCUT2D eigenvalue weighted by molar-refractivity contribution is 5.38. The SMILES string of the molecule is CCCOc1nc(NN)nc(NC2CC2(C)C)n1. The number of hydrogen-bond donors (Lipinski definition) is 3. The molecule has 0 aromatic carbocycles. The molecule has 1 fully saturated rings. The molecular weight excluding hydrogens is 232 g/mol. The van der Waals surface area contributed by atoms with Gasteiger partial charge in [-0.25, -0.2) is 5.84 Å². The number of nitrogens with zero attached hydrogens (tertiary/aromatic N) is 3. The van der Waals surface area contributed by atoms with E-state index in [1.165, 1.54) is 0 Å². The van der Waals surface area contributed by atoms with E-state index in [1.54, 1.807) is 0 Å². The molecule has 1 unspecified atom stereocenters. The van der Waals surface area contributed by atoms with Gasteiger partial charge >= 0.3 is 6.01 Å². The van der Waals surface area contributed by atoms with Crippen molar-refractivity contribution < 1.29 is 4.74 Å². The van der Waals surface area contributed by atoms with Gasteiger partial charge in [-0.3, -0.25) is 5.43 Å². The number of ether oxygens (including phenoxy) is 1. The number of nitrogen functional groups attached to an aromatic ring is 1. The van der Waals surface area contributed by atoms with Gasteiger partial charge in [-0.05, 0) is 18.3 Å². The van der Waals surface area contributed by atoms with Crippen LogP contribution in [0.3, 0.4) is 0 Å². The second kappa shape index (κ2) is 4.93. The van der Waals surface area contributed by atoms with Gasteiger partial charge in [0.2, 0.25) is 11.9 Å². The van der Waals surface area contributed by atoms with Gasteiger partial charge in [0.25, 0.3) is 0 Å². The predicted molar refractivity (Wildman–Crippen MR) is 69.2 cm³/mol. The van der Waals surface area contributed by atoms with Crippen molar-refractivity contribution in [1.82, 2.24) is 15.0 Å². The summed E-state index contributed by atoms with van der Waals surface area (Å²) in [7, 11) is 0. The molecule has 0 bridgehead atoms. The Morgan fingerprint density at radius 2 is 2.00 bits per heavy atom. The minimum Gasteiger partial charge on any atom is -0.463 e. The van der Waals surface area contributed by atoms with Gasteiger partial charge < -0.3 is 10.1 Å². The second-order valence-electron chi connectivity index (χ2n) is 5.15. The van der Waals surface area contributed by atoms with Crippen LogP contribution in [0.1, 0.15) is 33.6 Å². The van der Waals surface area contributed by atoms with E-state index in [2.05, 4.69) is 39.5 Å². The first kappa shape index (κ1) is 12.8. The first-order chi connectivity index (χ1) is 8.55. The van der Waals surface area contributed by atoms with E-state index in [1.807, 2.05) is 6.92 Å². The summed E-state index contributed by atoms with van der Waals surface area (Å²) in [5.74, 6) is 6.13. The van der Waals surface area contributed by atoms with Crippen molar-refractivity contribution in [2.24, 2.45) is 11.3 Å². The average molecular weight is 252 g/mol. The van der Waals surface area contributed by atoms with Crippen LogP contribution in [0.5, 0.6) is 6.01 Å². The van der Waals surface area contributed by atoms with Gasteiger partial charge in [0.15, 0.2) is 0 Å². The summed E-state index contributed by atoms with van der Waals surface area (Å²) in [6.45, 7) is 6.99. The highest BCUT2D eigenvalue weighted by atomic mass is 16.5. The summed E-state index contributed by atoms with van der Waals surface area (Å²) in [6.07, 6.45) is 2.00. The van der Waals surface area contributed by atoms with Crippen molar-refractivity contribution in [3.63, 3.8) is 0 Å². The first-order valence-electron chi connectivity index (χ1n) is 6.17. The molecule has 2 rings (SSSR count). The third-order valence-electron chi connectivity index (χ3n) is 3.00. The summed E-state index contributed by atoms with van der Waals surface area (Å²) in [4.78, 5) is 12.4. The lowest BCUT2D eigenvalue weighted by atomic mass is 10.2. The molecule has 1 heterocycles. The first-order valence-corrected chi connectivity index (χ1v) is 6.17. The van der Waals surface area contributed by atoms with Gasteiger partial charge in [-0.15, -0.1) is 0 Å². The lowest BCUT2D eigenvalue weighted by molar-refractivity contribution is 0.292. The molecule has 4 N–H and O–H groups in total. The molecule has 7 nitrogen and oxygen atoms in total. The molecular formula is C11H20N6O. The Hall–Kier alpha value is -1.63. The largest absolute Gasteiger partial charge is 0.463 e. The van der Waals surface area contributed by atoms with Crippen LogP contribution in [0, 0.1) is 5.41 Å². The van der Waals surface area contributed by atoms with Crippen molar-refractivity contribution in [1.29, 1.82) is 0 Å². The van der Waals surface area contributed by atoms with Crippen molar-refractivity contribution in [3.05, 3.63) is 0 Å². The van der Waals surface area contributed by atoms with Gasteiger partial charge in [-0.1, -0.05) is 20.8 Å². The fourth-order valence-corrected chi connectivity index (χ4v) is 1.61. The van der Waals surface area contributed by atoms with Crippen LogP contribution in [0.4, 0.5) is 11.9 Å². The van der Waals surface area contributed by atoms with Gasteiger partial charge in [0.05, 0.1) is 6.61 Å². The molecule has 1 aromatic rings. The Balaban J connectivity index is 2.08. The summed E-state index contributed by atoms with van der Waals surface area (Å²) in [5, 5.41) is 3.26. The molecule has 0 spiro atoms. The van der Waals surface area contributed by atoms with Crippen molar-refractivity contribution in [3.8, 4) is 6.01 Å². The molecule has 0 radical (unpaired) electrons. The Labute approximate surface area is 107 Å². The van der Waals surface area contributed by atoms with Crippen LogP contribution < -0.4 is 21.3 Å². The maximum Gasteiger partial charge on any atom is 0.323 e. The minimum absolute atomic E-state index is 0.292. The minimum atomic E-state index is 0.292. The van der Waals surface area contributed by atoms with Crippen LogP contribution in [0.25, 0.3) is 0 Å². The summed E-state index contributed by atoms with van der Waals surface area (Å²) in [5.41, 5.74) is 2.72. The van der Waals surface area contributed by atoms with Gasteiger partial charge in [-0.2, -0.15) is 15.0 Å². The number of nitrogens with one attached hydrogen (secondary N) is 2. The normalized spacial score (nSPS) is 20.3. The zero-order chi connectivity index (χ0) is 13.2. The standard InChI is InChI=1S/C11H20N6O/c1-4-5-18-10-15-8(14-9(16-10)17-12)13-7-6-11(7,2)3/h7H,4-6,12H2,1-3H3,(H2,13,14,15,16,17). The zero-order valence-corrected chi connectivity index (χ0v) is 11.0. The fraction of sp³-hybridized carbons (Fsp3) is 0.727. The number of rotatable bonds is 6. The van der Waals surface area contributed by atoms with Crippen LogP contribution >= 0.6 is 0 Å². The Morgan fingerprint density at radius 1 is 1.33 bits per heavy atom. The molecule has 0 amide bonds. The summed E-state index contributed by atoms with van der Waals surface area (Å²) in [6, 6.07) is 0.685. The van der Waals surface area contributed by atoms with Crippen molar-refractivity contribution in [2.75, 3.05) is 17.3 Å². The maximum absolute atomic E-state index is 5.39. The highest BCUT2D eigenvalue weighted by Gasteiger charge is 2.46. The van der Waals surface area contributed by atoms with E-state index in [9.17, 15) is 0 Å². The second-order valence-corrected chi connectivity index (χ2v) is 5.15. The molecule has 1 saturated carbocycles. The Kier molecular flexibility index (Phi) is 3.51. The summed E-state index contributed by atoms with van der Waals surface area (Å²) < 4.78 is 5.39. The van der Waals surface area contributed by atoms with Crippen LogP contribution in [0.2, 0.25) is 0 Å². The molecule has 0 saturated heterocycles. The van der Waals surface area contributed by atoms with Gasteiger partial charge in [0.1, 0.15) is 0 Å². The lowest BCUT2D eigenvalue weighted by Gasteiger charge is -2.09. The number of hydrazine groups is 1. The van der Waals surface area contributed by atoms with E-state index in [4.69, 9.17) is 10.6 Å². The van der Waals surface area contributed by atoms with Crippen molar-refractivity contribution in [2.45, 2.75) is 39.7 Å². The molecule has 100 valence electrons. The van der Waals surface area contributed by atoms with Crippen LogP contribution in [-0.2, 0) is 0 Å². The Morgan fingerprint density at radius 3 is 2.56 bits per heavy atom. The number of aromatic nitrogens is 3. The quantitative estimate of drug-likeness (QED) is 0.516. The fourth-order valence-electron chi connectivity index (χ4n) is 1.61. The third-order valence-corrected chi connectivity index (χ3v) is 3.00. The van der Waals surface area contributed by atoms with Gasteiger partial charge in [0, 0.05) is 6.04 Å². The number of hydrogen-bond acceptors (Lipinski definition) is 7. The smallest absolute Gasteiger partial charge is 0.323 e. The van der Waals surface area contributed by atoms with E-state index in [0.717, 1.165) is 12.8 Å². The zero-order valence-electron chi connectivity index (χ0n) is 11.0. The number of nitrogens with two attached hydrogens (primary N) is 1. The molecule has 1 aliphatic carbocycles. The third kappa shape index (κ3) is 2.98. The molecule has 1 aromatic heterocycles. The topological polar surface area (TPSA) is 98.0 Å². The molecule has 1 atom stereocenters. The monoisotopic (exact) mass is 252 g/mol. The van der Waals surface area contributed by atoms with Crippen LogP contribution in [0.15, 0.2) is 0 Å². The molecule has 0 aliphatic heterocycles. The lowest BCUT2D eigenvalue weighted by Crippen LogP contribution is -2.16.